The van der Waals surface area contributed by atoms with Crippen LogP contribution >= 0.6 is 36.0 Å². The molecule has 0 spiro atoms. The molecule has 3 amide bonds. The van der Waals surface area contributed by atoms with Gasteiger partial charge in [0.1, 0.15) is 17.5 Å². The number of fused-ring (bicyclic) bond motifs is 1. The van der Waals surface area contributed by atoms with E-state index in [1.807, 2.05) is 0 Å². The van der Waals surface area contributed by atoms with E-state index in [1.165, 1.54) is 6.07 Å². The quantitative estimate of drug-likeness (QED) is 0.255. The van der Waals surface area contributed by atoms with E-state index in [9.17, 15) is 27.9 Å². The zero-order chi connectivity index (χ0) is 25.4. The molecule has 0 aliphatic carbocycles. The number of likely N-dealkylation sites (tertiary alicyclic amines) is 1. The summed E-state index contributed by atoms with van der Waals surface area (Å²) in [4.78, 5) is 37.2. The summed E-state index contributed by atoms with van der Waals surface area (Å²) in [7, 11) is -4.08. The molecule has 1 aromatic rings. The minimum absolute atomic E-state index is 0.0273. The predicted octanol–water partition coefficient (Wildman–Crippen LogP) is 2.34. The molecule has 2 aliphatic heterocycles. The van der Waals surface area contributed by atoms with E-state index in [0.29, 0.717) is 24.3 Å². The number of benzene rings is 1. The Bertz CT molecular complexity index is 1120. The average Bonchev–Trinajstić information content (AvgIpc) is 3.08. The van der Waals surface area contributed by atoms with Crippen molar-refractivity contribution in [1.29, 1.82) is 0 Å². The number of quaternary nitrogens is 1. The Labute approximate surface area is 213 Å². The fraction of sp³-hybridized carbons (Fsp3) is 0.550. The average molecular weight is 552 g/mol. The zero-order valence-electron chi connectivity index (χ0n) is 18.7. The van der Waals surface area contributed by atoms with Gasteiger partial charge in [0.25, 0.3) is 5.91 Å². The summed E-state index contributed by atoms with van der Waals surface area (Å²) in [5, 5.41) is 20.9. The van der Waals surface area contributed by atoms with Crippen LogP contribution in [0.15, 0.2) is 17.0 Å². The van der Waals surface area contributed by atoms with Gasteiger partial charge in [-0.05, 0) is 38.2 Å². The lowest BCUT2D eigenvalue weighted by atomic mass is 10.1. The van der Waals surface area contributed by atoms with Gasteiger partial charge in [-0.3, -0.25) is 4.79 Å². The molecule has 4 unspecified atom stereocenters. The van der Waals surface area contributed by atoms with Crippen LogP contribution < -0.4 is 15.8 Å². The minimum atomic E-state index is -4.08. The van der Waals surface area contributed by atoms with Crippen LogP contribution in [0.25, 0.3) is 0 Å². The number of halogens is 1. The van der Waals surface area contributed by atoms with Gasteiger partial charge in [-0.15, -0.1) is 0 Å². The summed E-state index contributed by atoms with van der Waals surface area (Å²) in [6.07, 6.45) is -0.458. The van der Waals surface area contributed by atoms with E-state index in [1.54, 1.807) is 25.6 Å². The molecule has 34 heavy (non-hydrogen) atoms. The van der Waals surface area contributed by atoms with Crippen molar-refractivity contribution in [1.82, 2.24) is 5.32 Å². The molecule has 10 nitrogen and oxygen atoms in total. The smallest absolute Gasteiger partial charge is 0.435 e. The second-order valence-corrected chi connectivity index (χ2v) is 12.4. The molecular formula is C20H28ClN4O6S3+. The van der Waals surface area contributed by atoms with Crippen molar-refractivity contribution in [3.05, 3.63) is 22.7 Å². The molecule has 5 N–H and O–H groups in total. The Kier molecular flexibility index (Phi) is 8.15. The number of carboxylic acid groups (broad SMARTS) is 1. The maximum atomic E-state index is 12.9. The van der Waals surface area contributed by atoms with E-state index >= 15 is 0 Å². The number of amides is 3. The number of nitrogens with one attached hydrogen (secondary N) is 2. The van der Waals surface area contributed by atoms with Crippen LogP contribution in [0.1, 0.15) is 37.0 Å². The Morgan fingerprint density at radius 2 is 2.06 bits per heavy atom. The van der Waals surface area contributed by atoms with Gasteiger partial charge in [0.15, 0.2) is 0 Å². The van der Waals surface area contributed by atoms with Crippen LogP contribution in [0.3, 0.4) is 0 Å². The number of thiol groups is 1. The van der Waals surface area contributed by atoms with E-state index in [2.05, 4.69) is 23.3 Å². The Balaban J connectivity index is 1.64. The molecular weight excluding hydrogens is 524 g/mol. The normalized spacial score (nSPS) is 27.4. The van der Waals surface area contributed by atoms with Crippen LogP contribution in [0, 0.1) is 5.92 Å². The lowest BCUT2D eigenvalue weighted by Crippen LogP contribution is -2.60. The number of carbonyl (C=O) groups excluding carboxylic acids is 2. The lowest BCUT2D eigenvalue weighted by molar-refractivity contribution is -0.793. The SMILES string of the molecule is CC(CS)C(=O)[N@+]1(C(=O)O)CC(SCCC2NC(=O)c3cc(S(N)(=O)=O)c(Cl)cc3N2)CC1C. The zero-order valence-corrected chi connectivity index (χ0v) is 21.9. The van der Waals surface area contributed by atoms with Crippen molar-refractivity contribution in [3.8, 4) is 0 Å². The number of rotatable bonds is 7. The molecule has 1 fully saturated rings. The summed E-state index contributed by atoms with van der Waals surface area (Å²) in [6, 6.07) is 2.16. The largest absolute Gasteiger partial charge is 0.521 e. The number of hydrogen-bond donors (Lipinski definition) is 5. The molecule has 14 heteroatoms. The highest BCUT2D eigenvalue weighted by Gasteiger charge is 2.57. The first-order valence-corrected chi connectivity index (χ1v) is 14.2. The van der Waals surface area contributed by atoms with Crippen molar-refractivity contribution in [2.75, 3.05) is 23.4 Å². The standard InChI is InChI=1S/C20H27ClN4O6S3/c1-10(9-32)19(27)25(20(28)29)8-12(5-11(25)2)33-4-3-17-23-15-7-14(21)16(34(22,30)31)6-13(15)18(26)24-17/h6-7,10-12,17,23H,3-5,8-9H2,1-2H3,(H4-,22,24,26,28,29,30,31,32)/p+1/t10?,11?,12?,17?,25-/m0/s1. The third-order valence-electron chi connectivity index (χ3n) is 6.30. The molecule has 0 aromatic heterocycles. The van der Waals surface area contributed by atoms with Gasteiger partial charge in [-0.2, -0.15) is 33.7 Å². The van der Waals surface area contributed by atoms with Gasteiger partial charge in [0.05, 0.1) is 33.6 Å². The molecule has 2 aliphatic rings. The number of nitrogens with zero attached hydrogens (tertiary/aromatic N) is 1. The summed E-state index contributed by atoms with van der Waals surface area (Å²) in [6.45, 7) is 3.69. The van der Waals surface area contributed by atoms with Crippen molar-refractivity contribution in [2.45, 2.75) is 49.0 Å². The van der Waals surface area contributed by atoms with E-state index in [-0.39, 0.29) is 45.0 Å². The highest BCUT2D eigenvalue weighted by Crippen LogP contribution is 2.37. The molecule has 0 bridgehead atoms. The Morgan fingerprint density at radius 3 is 2.65 bits per heavy atom. The van der Waals surface area contributed by atoms with Crippen LogP contribution in [-0.4, -0.2) is 71.4 Å². The Hall–Kier alpha value is -1.51. The van der Waals surface area contributed by atoms with Gasteiger partial charge in [0, 0.05) is 12.2 Å². The van der Waals surface area contributed by atoms with Crippen LogP contribution in [-0.2, 0) is 14.8 Å². The van der Waals surface area contributed by atoms with Crippen LogP contribution in [0.5, 0.6) is 0 Å². The maximum Gasteiger partial charge on any atom is 0.521 e. The highest BCUT2D eigenvalue weighted by molar-refractivity contribution is 7.99. The van der Waals surface area contributed by atoms with Crippen molar-refractivity contribution >= 4 is 69.6 Å². The van der Waals surface area contributed by atoms with Gasteiger partial charge in [0.2, 0.25) is 10.0 Å². The minimum Gasteiger partial charge on any atom is -0.435 e. The number of imide groups is 1. The lowest BCUT2D eigenvalue weighted by Gasteiger charge is -2.31. The molecule has 1 saturated heterocycles. The summed E-state index contributed by atoms with van der Waals surface area (Å²) < 4.78 is 22.7. The van der Waals surface area contributed by atoms with Crippen LogP contribution in [0.4, 0.5) is 10.5 Å². The topological polar surface area (TPSA) is 156 Å². The third-order valence-corrected chi connectivity index (χ3v) is 9.50. The van der Waals surface area contributed by atoms with Gasteiger partial charge in [-0.25, -0.2) is 18.4 Å². The van der Waals surface area contributed by atoms with Gasteiger partial charge >= 0.3 is 12.0 Å². The molecule has 1 aromatic carbocycles. The first kappa shape index (κ1) is 27.1. The third kappa shape index (κ3) is 5.19. The van der Waals surface area contributed by atoms with E-state index < -0.39 is 38.6 Å². The second-order valence-electron chi connectivity index (χ2n) is 8.67. The van der Waals surface area contributed by atoms with Crippen molar-refractivity contribution in [3.63, 3.8) is 0 Å². The number of hydrogen-bond acceptors (Lipinski definition) is 8. The summed E-state index contributed by atoms with van der Waals surface area (Å²) >= 11 is 11.8. The number of anilines is 1. The first-order valence-electron chi connectivity index (χ1n) is 10.6. The number of primary sulfonamides is 1. The molecule has 5 atom stereocenters. The number of sulfonamides is 1. The van der Waals surface area contributed by atoms with Crippen molar-refractivity contribution < 1.29 is 32.4 Å². The molecule has 3 rings (SSSR count). The number of thioether (sulfide) groups is 1. The summed E-state index contributed by atoms with van der Waals surface area (Å²) in [5.41, 5.74) is 0.529. The monoisotopic (exact) mass is 551 g/mol. The van der Waals surface area contributed by atoms with Crippen LogP contribution in [0.2, 0.25) is 5.02 Å². The van der Waals surface area contributed by atoms with Gasteiger partial charge in [-0.1, -0.05) is 11.6 Å². The summed E-state index contributed by atoms with van der Waals surface area (Å²) in [5.74, 6) is -0.356. The molecule has 188 valence electrons. The Morgan fingerprint density at radius 1 is 1.38 bits per heavy atom. The molecule has 0 saturated carbocycles. The maximum absolute atomic E-state index is 12.9. The predicted molar refractivity (Wildman–Crippen MR) is 134 cm³/mol. The molecule has 2 heterocycles. The number of nitrogens with two attached hydrogens (primary N) is 1. The number of carbonyl (C=O) groups is 3. The van der Waals surface area contributed by atoms with E-state index in [4.69, 9.17) is 16.7 Å². The van der Waals surface area contributed by atoms with E-state index in [0.717, 1.165) is 6.07 Å². The fourth-order valence-corrected chi connectivity index (χ4v) is 7.15. The van der Waals surface area contributed by atoms with Crippen molar-refractivity contribution in [2.24, 2.45) is 11.1 Å². The first-order chi connectivity index (χ1) is 15.8. The van der Waals surface area contributed by atoms with Gasteiger partial charge < -0.3 is 15.7 Å². The highest BCUT2D eigenvalue weighted by atomic mass is 35.5. The second kappa shape index (κ2) is 10.2. The molecule has 0 radical (unpaired) electrons. The fourth-order valence-electron chi connectivity index (χ4n) is 4.43.